The third-order valence-electron chi connectivity index (χ3n) is 2.84. The van der Waals surface area contributed by atoms with E-state index in [4.69, 9.17) is 0 Å². The van der Waals surface area contributed by atoms with E-state index in [-0.39, 0.29) is 24.0 Å². The van der Waals surface area contributed by atoms with Gasteiger partial charge in [-0.25, -0.2) is 0 Å². The molecule has 18 heavy (non-hydrogen) atoms. The quantitative estimate of drug-likeness (QED) is 0.717. The van der Waals surface area contributed by atoms with E-state index in [1.54, 1.807) is 4.90 Å². The van der Waals surface area contributed by atoms with Crippen LogP contribution >= 0.6 is 24.0 Å². The highest BCUT2D eigenvalue weighted by atomic mass is 127. The fourth-order valence-corrected chi connectivity index (χ4v) is 1.66. The highest BCUT2D eigenvalue weighted by molar-refractivity contribution is 14.0. The Kier molecular flexibility index (Phi) is 8.97. The number of nitrogens with zero attached hydrogens (tertiary/aromatic N) is 2. The predicted octanol–water partition coefficient (Wildman–Crippen LogP) is 3.45. The minimum atomic E-state index is 0. The second kappa shape index (κ2) is 9.30. The number of piperidine rings is 1. The van der Waals surface area contributed by atoms with Crippen LogP contribution in [-0.4, -0.2) is 29.4 Å². The highest BCUT2D eigenvalue weighted by Crippen LogP contribution is 2.08. The third-order valence-corrected chi connectivity index (χ3v) is 2.84. The summed E-state index contributed by atoms with van der Waals surface area (Å²) in [5, 5.41) is 0. The predicted molar refractivity (Wildman–Crippen MR) is 85.2 cm³/mol. The fraction of sp³-hybridized carbons (Fsp3) is 0.571. The summed E-state index contributed by atoms with van der Waals surface area (Å²) in [4.78, 5) is 16.7. The summed E-state index contributed by atoms with van der Waals surface area (Å²) < 4.78 is 0. The molecule has 1 aromatic heterocycles. The molecule has 1 amide bonds. The van der Waals surface area contributed by atoms with Crippen molar-refractivity contribution in [1.29, 1.82) is 0 Å². The number of pyridine rings is 1. The Hall–Kier alpha value is -0.650. The summed E-state index contributed by atoms with van der Waals surface area (Å²) in [5.41, 5.74) is 1.16. The largest absolute Gasteiger partial charge is 0.346 e. The Morgan fingerprint density at radius 1 is 1.28 bits per heavy atom. The lowest BCUT2D eigenvalue weighted by Gasteiger charge is -2.21. The normalized spacial score (nSPS) is 14.7. The van der Waals surface area contributed by atoms with Crippen LogP contribution in [0.4, 0.5) is 0 Å². The van der Waals surface area contributed by atoms with Crippen molar-refractivity contribution in [2.75, 3.05) is 13.6 Å². The van der Waals surface area contributed by atoms with Gasteiger partial charge in [-0.1, -0.05) is 19.9 Å². The summed E-state index contributed by atoms with van der Waals surface area (Å²) in [5.74, 6) is 0.849. The Morgan fingerprint density at radius 3 is 2.33 bits per heavy atom. The molecule has 0 N–H and O–H groups in total. The first-order chi connectivity index (χ1) is 8.11. The molecule has 0 aromatic carbocycles. The van der Waals surface area contributed by atoms with Crippen LogP contribution in [0.1, 0.15) is 44.7 Å². The zero-order chi connectivity index (χ0) is 12.7. The number of rotatable bonds is 1. The van der Waals surface area contributed by atoms with Crippen molar-refractivity contribution in [3.63, 3.8) is 0 Å². The van der Waals surface area contributed by atoms with Crippen molar-refractivity contribution in [2.24, 2.45) is 0 Å². The number of carbonyl (C=O) groups is 1. The lowest BCUT2D eigenvalue weighted by atomic mass is 10.1. The van der Waals surface area contributed by atoms with E-state index in [0.717, 1.165) is 25.1 Å². The van der Waals surface area contributed by atoms with Crippen LogP contribution in [0.15, 0.2) is 24.4 Å². The van der Waals surface area contributed by atoms with Crippen molar-refractivity contribution in [3.8, 4) is 0 Å². The van der Waals surface area contributed by atoms with Crippen molar-refractivity contribution in [2.45, 2.75) is 39.0 Å². The van der Waals surface area contributed by atoms with Crippen molar-refractivity contribution < 1.29 is 4.79 Å². The van der Waals surface area contributed by atoms with Gasteiger partial charge in [0.2, 0.25) is 5.91 Å². The Bertz CT molecular complexity index is 341. The van der Waals surface area contributed by atoms with E-state index in [1.165, 1.54) is 6.42 Å². The highest BCUT2D eigenvalue weighted by Gasteiger charge is 2.12. The molecule has 1 aliphatic heterocycles. The number of likely N-dealkylation sites (tertiary alicyclic amines) is 1. The Balaban J connectivity index is 0.000000306. The molecule has 0 unspecified atom stereocenters. The summed E-state index contributed by atoms with van der Waals surface area (Å²) in [6.45, 7) is 5.24. The van der Waals surface area contributed by atoms with Crippen molar-refractivity contribution in [3.05, 3.63) is 30.1 Å². The summed E-state index contributed by atoms with van der Waals surface area (Å²) >= 11 is 0. The molecule has 2 heterocycles. The van der Waals surface area contributed by atoms with E-state index >= 15 is 0 Å². The van der Waals surface area contributed by atoms with Gasteiger partial charge in [-0.2, -0.15) is 0 Å². The van der Waals surface area contributed by atoms with Gasteiger partial charge in [-0.15, -0.1) is 24.0 Å². The maximum Gasteiger partial charge on any atom is 0.222 e. The van der Waals surface area contributed by atoms with Gasteiger partial charge < -0.3 is 4.90 Å². The molecule has 0 atom stereocenters. The average Bonchev–Trinajstić information content (AvgIpc) is 2.35. The van der Waals surface area contributed by atoms with E-state index in [1.807, 2.05) is 31.4 Å². The molecular weight excluding hydrogens is 339 g/mol. The number of aromatic nitrogens is 1. The molecule has 1 aliphatic rings. The molecule has 102 valence electrons. The molecule has 0 bridgehead atoms. The maximum absolute atomic E-state index is 10.7. The molecule has 2 rings (SSSR count). The number of amides is 1. The molecule has 4 heteroatoms. The maximum atomic E-state index is 10.7. The van der Waals surface area contributed by atoms with Crippen LogP contribution in [-0.2, 0) is 4.79 Å². The van der Waals surface area contributed by atoms with Crippen LogP contribution in [0, 0.1) is 0 Å². The van der Waals surface area contributed by atoms with E-state index in [9.17, 15) is 4.79 Å². The van der Waals surface area contributed by atoms with Gasteiger partial charge in [0.05, 0.1) is 0 Å². The van der Waals surface area contributed by atoms with Gasteiger partial charge in [-0.05, 0) is 30.9 Å². The third kappa shape index (κ3) is 6.33. The zero-order valence-corrected chi connectivity index (χ0v) is 13.8. The van der Waals surface area contributed by atoms with Crippen molar-refractivity contribution in [1.82, 2.24) is 9.88 Å². The zero-order valence-electron chi connectivity index (χ0n) is 11.4. The molecule has 1 fully saturated rings. The molecule has 1 aromatic rings. The van der Waals surface area contributed by atoms with E-state index < -0.39 is 0 Å². The molecule has 0 saturated carbocycles. The molecule has 0 aliphatic carbocycles. The second-order valence-corrected chi connectivity index (χ2v) is 4.68. The first-order valence-corrected chi connectivity index (χ1v) is 6.26. The van der Waals surface area contributed by atoms with Crippen molar-refractivity contribution >= 4 is 29.9 Å². The monoisotopic (exact) mass is 362 g/mol. The first-order valence-electron chi connectivity index (χ1n) is 6.26. The van der Waals surface area contributed by atoms with E-state index in [2.05, 4.69) is 18.8 Å². The molecular formula is C14H23IN2O. The van der Waals surface area contributed by atoms with Gasteiger partial charge in [-0.3, -0.25) is 9.78 Å². The van der Waals surface area contributed by atoms with Crippen LogP contribution in [0.2, 0.25) is 0 Å². The fourth-order valence-electron chi connectivity index (χ4n) is 1.66. The lowest BCUT2D eigenvalue weighted by Crippen LogP contribution is -2.31. The number of hydrogen-bond donors (Lipinski definition) is 0. The van der Waals surface area contributed by atoms with Gasteiger partial charge in [0, 0.05) is 31.9 Å². The van der Waals surface area contributed by atoms with Gasteiger partial charge in [0.15, 0.2) is 0 Å². The first kappa shape index (κ1) is 17.4. The number of halogens is 1. The Labute approximate surface area is 127 Å². The molecule has 0 spiro atoms. The molecule has 3 nitrogen and oxygen atoms in total. The summed E-state index contributed by atoms with van der Waals surface area (Å²) in [6.07, 6.45) is 4.86. The topological polar surface area (TPSA) is 33.2 Å². The van der Waals surface area contributed by atoms with Gasteiger partial charge in [0.25, 0.3) is 0 Å². The van der Waals surface area contributed by atoms with Crippen LogP contribution in [0.5, 0.6) is 0 Å². The second-order valence-electron chi connectivity index (χ2n) is 4.68. The average molecular weight is 362 g/mol. The summed E-state index contributed by atoms with van der Waals surface area (Å²) in [7, 11) is 1.86. The smallest absolute Gasteiger partial charge is 0.222 e. The standard InChI is InChI=1S/C8H11N.C6H11NO.HI/c1-7(2)8-5-3-4-6-9-8;1-7-5-3-2-4-6(7)8;/h3-7H,1-2H3;2-5H2,1H3;1H. The van der Waals surface area contributed by atoms with Crippen LogP contribution in [0.25, 0.3) is 0 Å². The lowest BCUT2D eigenvalue weighted by molar-refractivity contribution is -0.131. The van der Waals surface area contributed by atoms with Gasteiger partial charge in [0.1, 0.15) is 0 Å². The molecule has 0 radical (unpaired) electrons. The molecule has 1 saturated heterocycles. The van der Waals surface area contributed by atoms with Gasteiger partial charge >= 0.3 is 0 Å². The number of carbonyl (C=O) groups excluding carboxylic acids is 1. The van der Waals surface area contributed by atoms with E-state index in [0.29, 0.717) is 11.8 Å². The SMILES string of the molecule is CC(C)c1ccccn1.CN1CCCCC1=O.I. The minimum Gasteiger partial charge on any atom is -0.346 e. The van der Waals surface area contributed by atoms with Crippen LogP contribution < -0.4 is 0 Å². The van der Waals surface area contributed by atoms with Crippen LogP contribution in [0.3, 0.4) is 0 Å². The summed E-state index contributed by atoms with van der Waals surface area (Å²) in [6, 6.07) is 6.00. The number of hydrogen-bond acceptors (Lipinski definition) is 2. The minimum absolute atomic E-state index is 0. The Morgan fingerprint density at radius 2 is 2.00 bits per heavy atom.